The van der Waals surface area contributed by atoms with Crippen LogP contribution in [0.4, 0.5) is 5.69 Å². The van der Waals surface area contributed by atoms with E-state index in [2.05, 4.69) is 5.92 Å². The van der Waals surface area contributed by atoms with Crippen molar-refractivity contribution in [3.05, 3.63) is 46.5 Å². The number of nitrogens with zero attached hydrogens (tertiary/aromatic N) is 2. The van der Waals surface area contributed by atoms with Crippen LogP contribution in [0.15, 0.2) is 30.3 Å². The van der Waals surface area contributed by atoms with Crippen molar-refractivity contribution in [2.24, 2.45) is 0 Å². The zero-order valence-electron chi connectivity index (χ0n) is 18.4. The Labute approximate surface area is 189 Å². The van der Waals surface area contributed by atoms with Crippen LogP contribution in [-0.4, -0.2) is 54.8 Å². The molecule has 0 spiro atoms. The van der Waals surface area contributed by atoms with Crippen LogP contribution in [0.25, 0.3) is 0 Å². The first-order chi connectivity index (χ1) is 14.6. The number of hydrogen-bond donors (Lipinski definition) is 2. The van der Waals surface area contributed by atoms with Crippen molar-refractivity contribution >= 4 is 23.2 Å². The molecule has 0 aliphatic heterocycles. The van der Waals surface area contributed by atoms with E-state index in [9.17, 15) is 15.0 Å². The Bertz CT molecular complexity index is 969. The van der Waals surface area contributed by atoms with E-state index in [1.807, 2.05) is 25.8 Å². The minimum absolute atomic E-state index is 0.00679. The van der Waals surface area contributed by atoms with Crippen LogP contribution in [0, 0.1) is 12.3 Å². The summed E-state index contributed by atoms with van der Waals surface area (Å²) in [6.45, 7) is 5.62. The van der Waals surface area contributed by atoms with Crippen LogP contribution >= 0.6 is 11.6 Å². The summed E-state index contributed by atoms with van der Waals surface area (Å²) in [6, 6.07) is 7.77. The van der Waals surface area contributed by atoms with E-state index in [4.69, 9.17) is 22.8 Å². The van der Waals surface area contributed by atoms with E-state index in [-0.39, 0.29) is 23.0 Å². The van der Waals surface area contributed by atoms with Gasteiger partial charge in [0.15, 0.2) is 0 Å². The number of rotatable bonds is 9. The smallest absolute Gasteiger partial charge is 0.261 e. The Hall–Kier alpha value is -2.88. The predicted octanol–water partition coefficient (Wildman–Crippen LogP) is 4.49. The minimum Gasteiger partial charge on any atom is -0.508 e. The van der Waals surface area contributed by atoms with E-state index in [1.54, 1.807) is 25.2 Å². The predicted molar refractivity (Wildman–Crippen MR) is 124 cm³/mol. The third-order valence-electron chi connectivity index (χ3n) is 4.91. The molecular weight excluding hydrogens is 416 g/mol. The van der Waals surface area contributed by atoms with Gasteiger partial charge in [-0.25, -0.2) is 0 Å². The van der Waals surface area contributed by atoms with Gasteiger partial charge < -0.3 is 19.8 Å². The largest absolute Gasteiger partial charge is 0.508 e. The Kier molecular flexibility index (Phi) is 8.61. The van der Waals surface area contributed by atoms with Crippen LogP contribution in [0.3, 0.4) is 0 Å². The molecular formula is C24H29ClN2O4. The number of amides is 1. The Morgan fingerprint density at radius 1 is 1.19 bits per heavy atom. The molecule has 7 heteroatoms. The maximum atomic E-state index is 13.0. The summed E-state index contributed by atoms with van der Waals surface area (Å²) in [5, 5.41) is 20.7. The van der Waals surface area contributed by atoms with Crippen molar-refractivity contribution < 1.29 is 19.7 Å². The highest BCUT2D eigenvalue weighted by Crippen LogP contribution is 2.34. The monoisotopic (exact) mass is 444 g/mol. The molecule has 0 unspecified atom stereocenters. The lowest BCUT2D eigenvalue weighted by atomic mass is 9.98. The van der Waals surface area contributed by atoms with E-state index in [0.29, 0.717) is 35.2 Å². The number of phenolic OH excluding ortho intramolecular Hbond substituents is 2. The molecule has 0 heterocycles. The fraction of sp³-hybridized carbons (Fsp3) is 0.375. The van der Waals surface area contributed by atoms with Crippen LogP contribution in [0.5, 0.6) is 17.2 Å². The first-order valence-electron chi connectivity index (χ1n) is 10.0. The molecule has 1 amide bonds. The van der Waals surface area contributed by atoms with E-state index >= 15 is 0 Å². The van der Waals surface area contributed by atoms with Gasteiger partial charge in [-0.1, -0.05) is 31.4 Å². The lowest BCUT2D eigenvalue weighted by molar-refractivity contribution is 0.0990. The maximum absolute atomic E-state index is 13.0. The number of aromatic hydroxyl groups is 2. The normalized spacial score (nSPS) is 10.9. The Morgan fingerprint density at radius 3 is 2.55 bits per heavy atom. The zero-order valence-corrected chi connectivity index (χ0v) is 19.1. The summed E-state index contributed by atoms with van der Waals surface area (Å²) < 4.78 is 5.80. The van der Waals surface area contributed by atoms with Crippen LogP contribution < -0.4 is 9.64 Å². The summed E-state index contributed by atoms with van der Waals surface area (Å²) >= 11 is 6.25. The molecule has 6 nitrogen and oxygen atoms in total. The summed E-state index contributed by atoms with van der Waals surface area (Å²) in [5.74, 6) is 2.32. The average molecular weight is 445 g/mol. The number of anilines is 1. The molecule has 31 heavy (non-hydrogen) atoms. The highest BCUT2D eigenvalue weighted by Gasteiger charge is 2.21. The summed E-state index contributed by atoms with van der Waals surface area (Å²) in [5.41, 5.74) is 1.26. The number of hydrogen-bond acceptors (Lipinski definition) is 5. The van der Waals surface area contributed by atoms with E-state index < -0.39 is 5.91 Å². The molecule has 2 rings (SSSR count). The second kappa shape index (κ2) is 10.9. The van der Waals surface area contributed by atoms with E-state index in [1.165, 1.54) is 17.0 Å². The quantitative estimate of drug-likeness (QED) is 0.440. The lowest BCUT2D eigenvalue weighted by Gasteiger charge is -2.21. The Balaban J connectivity index is 2.16. The number of phenols is 2. The number of halogens is 1. The van der Waals surface area contributed by atoms with Gasteiger partial charge in [-0.3, -0.25) is 9.69 Å². The first kappa shape index (κ1) is 24.4. The number of carbonyl (C=O) groups is 1. The molecule has 0 aromatic heterocycles. The van der Waals surface area contributed by atoms with Crippen molar-refractivity contribution in [3.8, 4) is 29.6 Å². The second-order valence-corrected chi connectivity index (χ2v) is 8.11. The van der Waals surface area contributed by atoms with Crippen LogP contribution in [0.2, 0.25) is 5.02 Å². The molecule has 166 valence electrons. The highest BCUT2D eigenvalue weighted by molar-refractivity contribution is 6.32. The standard InChI is InChI=1S/C24H29ClN2O4/c1-6-10-26(4)11-7-12-31-23-13-17(8-9-20(23)25)27(5)24(30)19-14-18(16(2)3)21(28)15-22(19)29/h1,8-9,13-16,28-29H,7,10-12H2,2-5H3. The molecule has 0 atom stereocenters. The molecule has 2 aromatic carbocycles. The molecule has 0 aliphatic rings. The second-order valence-electron chi connectivity index (χ2n) is 7.71. The van der Waals surface area contributed by atoms with Gasteiger partial charge in [-0.2, -0.15) is 0 Å². The van der Waals surface area contributed by atoms with Crippen molar-refractivity contribution in [1.29, 1.82) is 0 Å². The number of benzene rings is 2. The van der Waals surface area contributed by atoms with Gasteiger partial charge in [0.1, 0.15) is 17.2 Å². The van der Waals surface area contributed by atoms with Crippen LogP contribution in [0.1, 0.15) is 42.1 Å². The van der Waals surface area contributed by atoms with Gasteiger partial charge >= 0.3 is 0 Å². The van der Waals surface area contributed by atoms with Gasteiger partial charge in [-0.15, -0.1) is 6.42 Å². The highest BCUT2D eigenvalue weighted by atomic mass is 35.5. The van der Waals surface area contributed by atoms with Crippen molar-refractivity contribution in [3.63, 3.8) is 0 Å². The van der Waals surface area contributed by atoms with Gasteiger partial charge in [0.05, 0.1) is 23.7 Å². The van der Waals surface area contributed by atoms with Crippen molar-refractivity contribution in [2.75, 3.05) is 38.7 Å². The van der Waals surface area contributed by atoms with E-state index in [0.717, 1.165) is 13.0 Å². The number of terminal acetylenes is 1. The first-order valence-corrected chi connectivity index (χ1v) is 10.4. The molecule has 0 saturated heterocycles. The van der Waals surface area contributed by atoms with Crippen molar-refractivity contribution in [2.45, 2.75) is 26.2 Å². The zero-order chi connectivity index (χ0) is 23.1. The fourth-order valence-electron chi connectivity index (χ4n) is 3.09. The van der Waals surface area contributed by atoms with Gasteiger partial charge in [0.25, 0.3) is 5.91 Å². The van der Waals surface area contributed by atoms with Crippen molar-refractivity contribution in [1.82, 2.24) is 4.90 Å². The number of carbonyl (C=O) groups excluding carboxylic acids is 1. The SMILES string of the molecule is C#CCN(C)CCCOc1cc(N(C)C(=O)c2cc(C(C)C)c(O)cc2O)ccc1Cl. The lowest BCUT2D eigenvalue weighted by Crippen LogP contribution is -2.26. The van der Waals surface area contributed by atoms with Gasteiger partial charge in [-0.05, 0) is 43.1 Å². The molecule has 0 aliphatic carbocycles. The minimum atomic E-state index is -0.413. The van der Waals surface area contributed by atoms with Gasteiger partial charge in [0.2, 0.25) is 0 Å². The number of ether oxygens (including phenoxy) is 1. The molecule has 0 saturated carbocycles. The third kappa shape index (κ3) is 6.30. The summed E-state index contributed by atoms with van der Waals surface area (Å²) in [4.78, 5) is 16.5. The molecule has 2 aromatic rings. The topological polar surface area (TPSA) is 73.2 Å². The molecule has 0 radical (unpaired) electrons. The summed E-state index contributed by atoms with van der Waals surface area (Å²) in [7, 11) is 3.54. The van der Waals surface area contributed by atoms with Crippen LogP contribution in [-0.2, 0) is 0 Å². The molecule has 0 fully saturated rings. The molecule has 2 N–H and O–H groups in total. The molecule has 0 bridgehead atoms. The average Bonchev–Trinajstić information content (AvgIpc) is 2.71. The third-order valence-corrected chi connectivity index (χ3v) is 5.22. The maximum Gasteiger partial charge on any atom is 0.261 e. The van der Waals surface area contributed by atoms with Gasteiger partial charge in [0, 0.05) is 31.4 Å². The summed E-state index contributed by atoms with van der Waals surface area (Å²) in [6.07, 6.45) is 6.07. The fourth-order valence-corrected chi connectivity index (χ4v) is 3.26. The Morgan fingerprint density at radius 2 is 1.90 bits per heavy atom.